The largest absolute Gasteiger partial charge is 0.492 e. The molecule has 1 N–H and O–H groups in total. The number of amides is 1. The molecule has 0 atom stereocenters. The van der Waals surface area contributed by atoms with E-state index >= 15 is 0 Å². The van der Waals surface area contributed by atoms with Gasteiger partial charge in [-0.2, -0.15) is 0 Å². The Balaban J connectivity index is 1.65. The number of anilines is 1. The summed E-state index contributed by atoms with van der Waals surface area (Å²) in [7, 11) is -3.95. The fraction of sp³-hybridized carbons (Fsp3) is 0.296. The number of sulfonamides is 1. The first-order valence-electron chi connectivity index (χ1n) is 11.3. The summed E-state index contributed by atoms with van der Waals surface area (Å²) < 4.78 is 34.4. The number of hydrogen-bond acceptors (Lipinski definition) is 4. The average Bonchev–Trinajstić information content (AvgIpc) is 2.80. The number of benzene rings is 3. The summed E-state index contributed by atoms with van der Waals surface area (Å²) in [5.74, 6) is 0.289. The van der Waals surface area contributed by atoms with E-state index in [0.717, 1.165) is 9.87 Å². The van der Waals surface area contributed by atoms with Crippen molar-refractivity contribution in [2.24, 2.45) is 0 Å². The Morgan fingerprint density at radius 3 is 2.26 bits per heavy atom. The van der Waals surface area contributed by atoms with Gasteiger partial charge in [-0.05, 0) is 60.4 Å². The highest BCUT2D eigenvalue weighted by Crippen LogP contribution is 2.27. The molecule has 8 heteroatoms. The fourth-order valence-corrected chi connectivity index (χ4v) is 5.18. The van der Waals surface area contributed by atoms with Crippen LogP contribution in [0.1, 0.15) is 31.9 Å². The van der Waals surface area contributed by atoms with E-state index in [1.807, 2.05) is 31.2 Å². The Morgan fingerprint density at radius 1 is 1.00 bits per heavy atom. The molecule has 0 radical (unpaired) electrons. The molecule has 0 aromatic heterocycles. The molecule has 0 saturated heterocycles. The number of rotatable bonds is 9. The van der Waals surface area contributed by atoms with Crippen molar-refractivity contribution in [2.45, 2.75) is 38.0 Å². The van der Waals surface area contributed by atoms with Crippen molar-refractivity contribution in [2.75, 3.05) is 24.0 Å². The van der Waals surface area contributed by atoms with Crippen LogP contribution in [0.5, 0.6) is 5.75 Å². The predicted molar refractivity (Wildman–Crippen MR) is 143 cm³/mol. The van der Waals surface area contributed by atoms with E-state index in [9.17, 15) is 13.2 Å². The molecule has 0 aliphatic rings. The van der Waals surface area contributed by atoms with E-state index in [-0.39, 0.29) is 30.0 Å². The summed E-state index contributed by atoms with van der Waals surface area (Å²) in [5.41, 5.74) is 2.61. The van der Waals surface area contributed by atoms with Gasteiger partial charge in [-0.3, -0.25) is 9.10 Å². The number of ether oxygens (including phenoxy) is 1. The minimum absolute atomic E-state index is 0.0611. The highest BCUT2D eigenvalue weighted by molar-refractivity contribution is 9.10. The third-order valence-electron chi connectivity index (χ3n) is 5.41. The lowest BCUT2D eigenvalue weighted by Crippen LogP contribution is -2.41. The Morgan fingerprint density at radius 2 is 1.66 bits per heavy atom. The zero-order valence-corrected chi connectivity index (χ0v) is 22.8. The topological polar surface area (TPSA) is 75.7 Å². The van der Waals surface area contributed by atoms with E-state index in [1.54, 1.807) is 48.5 Å². The van der Waals surface area contributed by atoms with Gasteiger partial charge in [-0.15, -0.1) is 0 Å². The molecule has 0 aliphatic carbocycles. The fourth-order valence-electron chi connectivity index (χ4n) is 3.38. The van der Waals surface area contributed by atoms with Crippen molar-refractivity contribution in [3.05, 3.63) is 88.4 Å². The Labute approximate surface area is 216 Å². The average molecular weight is 560 g/mol. The lowest BCUT2D eigenvalue weighted by atomic mass is 9.87. The second-order valence-electron chi connectivity index (χ2n) is 9.28. The first kappa shape index (κ1) is 26.8. The van der Waals surface area contributed by atoms with Crippen LogP contribution in [-0.2, 0) is 20.2 Å². The number of carbonyl (C=O) groups is 1. The second kappa shape index (κ2) is 11.3. The number of halogens is 1. The standard InChI is InChI=1S/C27H31BrN2O4S/c1-20-8-14-25(15-9-20)35(32,33)30(23-7-5-6-22(28)18-23)19-26(31)29-16-17-34-24-12-10-21(11-13-24)27(2,3)4/h5-15,18H,16-17,19H2,1-4H3,(H,29,31). The van der Waals surface area contributed by atoms with Crippen LogP contribution in [0.2, 0.25) is 0 Å². The van der Waals surface area contributed by atoms with Gasteiger partial charge in [0, 0.05) is 4.47 Å². The van der Waals surface area contributed by atoms with Crippen LogP contribution >= 0.6 is 15.9 Å². The number of nitrogens with zero attached hydrogens (tertiary/aromatic N) is 1. The first-order chi connectivity index (χ1) is 16.5. The molecule has 3 rings (SSSR count). The molecule has 186 valence electrons. The first-order valence-corrected chi connectivity index (χ1v) is 13.6. The number of carbonyl (C=O) groups excluding carboxylic acids is 1. The summed E-state index contributed by atoms with van der Waals surface area (Å²) in [6.07, 6.45) is 0. The summed E-state index contributed by atoms with van der Waals surface area (Å²) in [6, 6.07) is 21.3. The van der Waals surface area contributed by atoms with Crippen LogP contribution < -0.4 is 14.4 Å². The van der Waals surface area contributed by atoms with Gasteiger partial charge in [0.15, 0.2) is 0 Å². The summed E-state index contributed by atoms with van der Waals surface area (Å²) in [5, 5.41) is 2.75. The van der Waals surface area contributed by atoms with Crippen molar-refractivity contribution in [1.29, 1.82) is 0 Å². The Hall–Kier alpha value is -2.84. The number of hydrogen-bond donors (Lipinski definition) is 1. The lowest BCUT2D eigenvalue weighted by molar-refractivity contribution is -0.119. The maximum Gasteiger partial charge on any atom is 0.264 e. The third kappa shape index (κ3) is 7.32. The summed E-state index contributed by atoms with van der Waals surface area (Å²) in [4.78, 5) is 12.8. The quantitative estimate of drug-likeness (QED) is 0.354. The van der Waals surface area contributed by atoms with Crippen molar-refractivity contribution in [3.63, 3.8) is 0 Å². The highest BCUT2D eigenvalue weighted by Gasteiger charge is 2.27. The van der Waals surface area contributed by atoms with E-state index in [0.29, 0.717) is 15.9 Å². The molecular formula is C27H31BrN2O4S. The molecule has 0 aliphatic heterocycles. The minimum Gasteiger partial charge on any atom is -0.492 e. The van der Waals surface area contributed by atoms with Gasteiger partial charge in [-0.25, -0.2) is 8.42 Å². The monoisotopic (exact) mass is 558 g/mol. The highest BCUT2D eigenvalue weighted by atomic mass is 79.9. The van der Waals surface area contributed by atoms with Crippen molar-refractivity contribution in [3.8, 4) is 5.75 Å². The van der Waals surface area contributed by atoms with Crippen molar-refractivity contribution in [1.82, 2.24) is 5.32 Å². The van der Waals surface area contributed by atoms with E-state index in [4.69, 9.17) is 4.74 Å². The summed E-state index contributed by atoms with van der Waals surface area (Å²) >= 11 is 3.38. The molecule has 0 heterocycles. The smallest absolute Gasteiger partial charge is 0.264 e. The van der Waals surface area contributed by atoms with Crippen LogP contribution in [0.15, 0.2) is 82.2 Å². The van der Waals surface area contributed by atoms with Crippen LogP contribution in [0, 0.1) is 6.92 Å². The van der Waals surface area contributed by atoms with E-state index in [1.165, 1.54) is 5.56 Å². The molecule has 0 bridgehead atoms. The molecule has 0 fully saturated rings. The molecule has 1 amide bonds. The van der Waals surface area contributed by atoms with E-state index in [2.05, 4.69) is 42.0 Å². The minimum atomic E-state index is -3.95. The van der Waals surface area contributed by atoms with Gasteiger partial charge < -0.3 is 10.1 Å². The van der Waals surface area contributed by atoms with Gasteiger partial charge in [0.05, 0.1) is 17.1 Å². The van der Waals surface area contributed by atoms with E-state index < -0.39 is 15.9 Å². The number of aryl methyl sites for hydroxylation is 1. The SMILES string of the molecule is Cc1ccc(S(=O)(=O)N(CC(=O)NCCOc2ccc(C(C)(C)C)cc2)c2cccc(Br)c2)cc1. The maximum atomic E-state index is 13.4. The van der Waals surface area contributed by atoms with Gasteiger partial charge in [-0.1, -0.05) is 72.6 Å². The van der Waals surface area contributed by atoms with Gasteiger partial charge in [0.1, 0.15) is 18.9 Å². The normalized spacial score (nSPS) is 11.7. The Bertz CT molecular complexity index is 1250. The molecule has 0 unspecified atom stereocenters. The molecule has 0 spiro atoms. The molecule has 6 nitrogen and oxygen atoms in total. The van der Waals surface area contributed by atoms with Gasteiger partial charge in [0.25, 0.3) is 10.0 Å². The van der Waals surface area contributed by atoms with Gasteiger partial charge in [0.2, 0.25) is 5.91 Å². The third-order valence-corrected chi connectivity index (χ3v) is 7.69. The van der Waals surface area contributed by atoms with Crippen LogP contribution in [0.25, 0.3) is 0 Å². The molecule has 3 aromatic carbocycles. The molecular weight excluding hydrogens is 528 g/mol. The van der Waals surface area contributed by atoms with Crippen LogP contribution in [0.3, 0.4) is 0 Å². The van der Waals surface area contributed by atoms with Crippen molar-refractivity contribution >= 4 is 37.5 Å². The Kier molecular flexibility index (Phi) is 8.61. The summed E-state index contributed by atoms with van der Waals surface area (Å²) in [6.45, 7) is 8.49. The van der Waals surface area contributed by atoms with Crippen LogP contribution in [0.4, 0.5) is 5.69 Å². The maximum absolute atomic E-state index is 13.4. The zero-order chi connectivity index (χ0) is 25.6. The predicted octanol–water partition coefficient (Wildman–Crippen LogP) is 5.45. The van der Waals surface area contributed by atoms with Crippen LogP contribution in [-0.4, -0.2) is 34.0 Å². The zero-order valence-electron chi connectivity index (χ0n) is 20.4. The number of nitrogens with one attached hydrogen (secondary N) is 1. The van der Waals surface area contributed by atoms with Crippen molar-refractivity contribution < 1.29 is 17.9 Å². The lowest BCUT2D eigenvalue weighted by Gasteiger charge is -2.24. The second-order valence-corrected chi connectivity index (χ2v) is 12.1. The molecule has 0 saturated carbocycles. The molecule has 3 aromatic rings. The van der Waals surface area contributed by atoms with Gasteiger partial charge >= 0.3 is 0 Å². The molecule has 35 heavy (non-hydrogen) atoms.